The van der Waals surface area contributed by atoms with Gasteiger partial charge in [-0.05, 0) is 18.8 Å². The molecule has 1 spiro atoms. The molecule has 1 atom stereocenters. The van der Waals surface area contributed by atoms with Crippen LogP contribution < -0.4 is 5.32 Å². The Kier molecular flexibility index (Phi) is 4.20. The monoisotopic (exact) mass is 270 g/mol. The second-order valence-electron chi connectivity index (χ2n) is 5.55. The Morgan fingerprint density at radius 1 is 1.44 bits per heavy atom. The highest BCUT2D eigenvalue weighted by Gasteiger charge is 2.40. The van der Waals surface area contributed by atoms with Crippen molar-refractivity contribution in [2.75, 3.05) is 12.9 Å². The number of nitrogens with zero attached hydrogens (tertiary/aromatic N) is 1. The van der Waals surface area contributed by atoms with Crippen LogP contribution in [-0.4, -0.2) is 35.6 Å². The van der Waals surface area contributed by atoms with E-state index in [0.29, 0.717) is 0 Å². The van der Waals surface area contributed by atoms with Gasteiger partial charge in [-0.2, -0.15) is 0 Å². The van der Waals surface area contributed by atoms with Crippen molar-refractivity contribution in [1.82, 2.24) is 5.32 Å². The molecule has 1 aliphatic heterocycles. The molecule has 0 radical (unpaired) electrons. The van der Waals surface area contributed by atoms with Crippen LogP contribution in [0, 0.1) is 5.92 Å². The zero-order chi connectivity index (χ0) is 13.2. The molecule has 2 fully saturated rings. The van der Waals surface area contributed by atoms with Gasteiger partial charge in [0.05, 0.1) is 7.11 Å². The van der Waals surface area contributed by atoms with Crippen LogP contribution in [0.1, 0.15) is 39.5 Å². The summed E-state index contributed by atoms with van der Waals surface area (Å²) in [5.41, 5.74) is 0.251. The SMILES string of the molecule is COC(=O)C(N=C1NC2(CCCC2)CS1)C(C)C. The lowest BCUT2D eigenvalue weighted by molar-refractivity contribution is -0.143. The summed E-state index contributed by atoms with van der Waals surface area (Å²) in [4.78, 5) is 16.2. The van der Waals surface area contributed by atoms with Crippen LogP contribution in [-0.2, 0) is 9.53 Å². The molecule has 0 amide bonds. The fourth-order valence-electron chi connectivity index (χ4n) is 2.62. The molecule has 0 aromatic carbocycles. The van der Waals surface area contributed by atoms with Gasteiger partial charge >= 0.3 is 5.97 Å². The Hall–Kier alpha value is -0.710. The number of hydrogen-bond donors (Lipinski definition) is 1. The number of methoxy groups -OCH3 is 1. The maximum absolute atomic E-state index is 11.7. The first-order valence-corrected chi connectivity index (χ1v) is 7.61. The van der Waals surface area contributed by atoms with Gasteiger partial charge in [0.2, 0.25) is 0 Å². The molecule has 4 nitrogen and oxygen atoms in total. The van der Waals surface area contributed by atoms with E-state index in [2.05, 4.69) is 10.3 Å². The smallest absolute Gasteiger partial charge is 0.330 e. The normalized spacial score (nSPS) is 25.7. The first-order valence-electron chi connectivity index (χ1n) is 6.63. The van der Waals surface area contributed by atoms with Crippen LogP contribution in [0.5, 0.6) is 0 Å². The van der Waals surface area contributed by atoms with E-state index < -0.39 is 0 Å². The Morgan fingerprint density at radius 2 is 2.11 bits per heavy atom. The van der Waals surface area contributed by atoms with E-state index in [0.717, 1.165) is 10.9 Å². The third-order valence-corrected chi connectivity index (χ3v) is 4.93. The largest absolute Gasteiger partial charge is 0.467 e. The highest BCUT2D eigenvalue weighted by atomic mass is 32.2. The summed E-state index contributed by atoms with van der Waals surface area (Å²) in [6, 6.07) is -0.387. The molecule has 0 bridgehead atoms. The molecule has 1 aliphatic carbocycles. The number of amidine groups is 1. The lowest BCUT2D eigenvalue weighted by Crippen LogP contribution is -2.41. The van der Waals surface area contributed by atoms with E-state index >= 15 is 0 Å². The van der Waals surface area contributed by atoms with Crippen LogP contribution in [0.4, 0.5) is 0 Å². The number of ether oxygens (including phenoxy) is 1. The number of aliphatic imine (C=N–C) groups is 1. The van der Waals surface area contributed by atoms with E-state index in [1.54, 1.807) is 11.8 Å². The predicted octanol–water partition coefficient (Wildman–Crippen LogP) is 2.19. The molecule has 2 rings (SSSR count). The number of hydrogen-bond acceptors (Lipinski definition) is 4. The van der Waals surface area contributed by atoms with Gasteiger partial charge in [0.25, 0.3) is 0 Å². The van der Waals surface area contributed by atoms with Crippen molar-refractivity contribution in [3.8, 4) is 0 Å². The van der Waals surface area contributed by atoms with Crippen molar-refractivity contribution >= 4 is 22.9 Å². The molecule has 18 heavy (non-hydrogen) atoms. The molecule has 0 aromatic heterocycles. The molecule has 1 N–H and O–H groups in total. The summed E-state index contributed by atoms with van der Waals surface area (Å²) in [6.07, 6.45) is 5.05. The van der Waals surface area contributed by atoms with Gasteiger partial charge in [-0.15, -0.1) is 0 Å². The molecule has 1 unspecified atom stereocenters. The molecular weight excluding hydrogens is 248 g/mol. The molecule has 1 saturated heterocycles. The Morgan fingerprint density at radius 3 is 2.67 bits per heavy atom. The zero-order valence-electron chi connectivity index (χ0n) is 11.4. The summed E-state index contributed by atoms with van der Waals surface area (Å²) < 4.78 is 4.82. The first kappa shape index (κ1) is 13.7. The Labute approximate surface area is 113 Å². The minimum atomic E-state index is -0.387. The molecule has 5 heteroatoms. The number of carbonyl (C=O) groups excluding carboxylic acids is 1. The van der Waals surface area contributed by atoms with Crippen LogP contribution in [0.3, 0.4) is 0 Å². The molecular formula is C13H22N2O2S. The third-order valence-electron chi connectivity index (χ3n) is 3.75. The number of thioether (sulfide) groups is 1. The van der Waals surface area contributed by atoms with E-state index in [1.165, 1.54) is 32.8 Å². The Bertz CT molecular complexity index is 349. The van der Waals surface area contributed by atoms with Gasteiger partial charge in [0.1, 0.15) is 0 Å². The maximum Gasteiger partial charge on any atom is 0.330 e. The molecule has 1 heterocycles. The molecule has 0 aromatic rings. The quantitative estimate of drug-likeness (QED) is 0.799. The van der Waals surface area contributed by atoms with Gasteiger partial charge in [-0.25, -0.2) is 9.79 Å². The van der Waals surface area contributed by atoms with Crippen LogP contribution >= 0.6 is 11.8 Å². The van der Waals surface area contributed by atoms with E-state index in [9.17, 15) is 4.79 Å². The second kappa shape index (κ2) is 5.51. The Balaban J connectivity index is 2.06. The summed E-state index contributed by atoms with van der Waals surface area (Å²) in [5.74, 6) is 0.998. The van der Waals surface area contributed by atoms with Gasteiger partial charge in [0, 0.05) is 11.3 Å². The van der Waals surface area contributed by atoms with E-state index in [-0.39, 0.29) is 23.5 Å². The second-order valence-corrected chi connectivity index (χ2v) is 6.51. The summed E-state index contributed by atoms with van der Waals surface area (Å²) in [7, 11) is 1.42. The molecule has 102 valence electrons. The fraction of sp³-hybridized carbons (Fsp3) is 0.846. The van der Waals surface area contributed by atoms with E-state index in [4.69, 9.17) is 4.74 Å². The van der Waals surface area contributed by atoms with Crippen molar-refractivity contribution in [1.29, 1.82) is 0 Å². The van der Waals surface area contributed by atoms with E-state index in [1.807, 2.05) is 13.8 Å². The number of rotatable bonds is 3. The van der Waals surface area contributed by atoms with Crippen molar-refractivity contribution in [3.63, 3.8) is 0 Å². The third kappa shape index (κ3) is 2.82. The summed E-state index contributed by atoms with van der Waals surface area (Å²) >= 11 is 1.74. The van der Waals surface area contributed by atoms with Crippen LogP contribution in [0.2, 0.25) is 0 Å². The van der Waals surface area contributed by atoms with Crippen molar-refractivity contribution < 1.29 is 9.53 Å². The minimum absolute atomic E-state index is 0.160. The molecule has 2 aliphatic rings. The molecule has 1 saturated carbocycles. The topological polar surface area (TPSA) is 50.7 Å². The predicted molar refractivity (Wildman–Crippen MR) is 74.9 cm³/mol. The van der Waals surface area contributed by atoms with Gasteiger partial charge in [-0.3, -0.25) is 0 Å². The first-order chi connectivity index (χ1) is 8.56. The minimum Gasteiger partial charge on any atom is -0.467 e. The highest BCUT2D eigenvalue weighted by molar-refractivity contribution is 8.14. The maximum atomic E-state index is 11.7. The lowest BCUT2D eigenvalue weighted by Gasteiger charge is -2.22. The highest BCUT2D eigenvalue weighted by Crippen LogP contribution is 2.37. The fourth-order valence-corrected chi connectivity index (χ4v) is 3.87. The van der Waals surface area contributed by atoms with Crippen molar-refractivity contribution in [2.45, 2.75) is 51.1 Å². The lowest BCUT2D eigenvalue weighted by atomic mass is 10.0. The average Bonchev–Trinajstić information content (AvgIpc) is 2.96. The van der Waals surface area contributed by atoms with Crippen LogP contribution in [0.25, 0.3) is 0 Å². The zero-order valence-corrected chi connectivity index (χ0v) is 12.2. The average molecular weight is 270 g/mol. The summed E-state index contributed by atoms with van der Waals surface area (Å²) in [5, 5.41) is 4.45. The number of esters is 1. The number of nitrogens with one attached hydrogen (secondary N) is 1. The van der Waals surface area contributed by atoms with Crippen molar-refractivity contribution in [2.24, 2.45) is 10.9 Å². The summed E-state index contributed by atoms with van der Waals surface area (Å²) in [6.45, 7) is 3.99. The van der Waals surface area contributed by atoms with Crippen LogP contribution in [0.15, 0.2) is 4.99 Å². The van der Waals surface area contributed by atoms with Gasteiger partial charge in [0.15, 0.2) is 11.2 Å². The van der Waals surface area contributed by atoms with Gasteiger partial charge in [-0.1, -0.05) is 38.5 Å². The number of carbonyl (C=O) groups is 1. The van der Waals surface area contributed by atoms with Crippen molar-refractivity contribution in [3.05, 3.63) is 0 Å². The standard InChI is InChI=1S/C13H22N2O2S/c1-9(2)10(11(16)17-3)14-12-15-13(8-18-12)6-4-5-7-13/h9-10H,4-8H2,1-3H3,(H,14,15). The van der Waals surface area contributed by atoms with Gasteiger partial charge < -0.3 is 10.1 Å².